The first-order valence-corrected chi connectivity index (χ1v) is 8.34. The van der Waals surface area contributed by atoms with Crippen molar-refractivity contribution < 1.29 is 8.42 Å². The minimum Gasteiger partial charge on any atom is -0.211 e. The third kappa shape index (κ3) is 4.23. The topological polar surface area (TPSA) is 46.2 Å². The van der Waals surface area contributed by atoms with E-state index in [9.17, 15) is 8.42 Å². The van der Waals surface area contributed by atoms with Gasteiger partial charge in [0.2, 0.25) is 10.0 Å². The molecule has 0 saturated carbocycles. The normalized spacial score (nSPS) is 13.9. The summed E-state index contributed by atoms with van der Waals surface area (Å²) in [6, 6.07) is 4.56. The molecule has 0 amide bonds. The summed E-state index contributed by atoms with van der Waals surface area (Å²) in [5, 5.41) is 0.490. The van der Waals surface area contributed by atoms with E-state index in [2.05, 4.69) is 34.5 Å². The van der Waals surface area contributed by atoms with Gasteiger partial charge in [-0.1, -0.05) is 32.4 Å². The van der Waals surface area contributed by atoms with Gasteiger partial charge in [-0.3, -0.25) is 0 Å². The van der Waals surface area contributed by atoms with E-state index in [1.165, 1.54) is 12.1 Å². The van der Waals surface area contributed by atoms with Gasteiger partial charge in [0, 0.05) is 11.0 Å². The number of sulfonamides is 1. The molecule has 0 fully saturated rings. The van der Waals surface area contributed by atoms with Crippen LogP contribution >= 0.6 is 27.5 Å². The summed E-state index contributed by atoms with van der Waals surface area (Å²) < 4.78 is 27.3. The lowest BCUT2D eigenvalue weighted by molar-refractivity contribution is 0.414. The summed E-state index contributed by atoms with van der Waals surface area (Å²) >= 11 is 9.06. The van der Waals surface area contributed by atoms with Gasteiger partial charge < -0.3 is 0 Å². The van der Waals surface area contributed by atoms with Crippen LogP contribution in [0, 0.1) is 11.8 Å². The highest BCUT2D eigenvalue weighted by atomic mass is 79.9. The Hall–Kier alpha value is -0.100. The maximum Gasteiger partial charge on any atom is 0.240 e. The molecule has 3 nitrogen and oxygen atoms in total. The lowest BCUT2D eigenvalue weighted by atomic mass is 9.99. The standard InChI is InChI=1S/C12H17BrClNO2S/c1-8(2)9(3)7-15-18(16,17)10-4-5-12(14)11(13)6-10/h4-6,8-9,15H,7H2,1-3H3. The first-order valence-electron chi connectivity index (χ1n) is 5.68. The summed E-state index contributed by atoms with van der Waals surface area (Å²) in [5.74, 6) is 0.722. The zero-order valence-electron chi connectivity index (χ0n) is 10.6. The smallest absolute Gasteiger partial charge is 0.211 e. The second kappa shape index (κ2) is 6.37. The average Bonchev–Trinajstić information content (AvgIpc) is 2.29. The number of nitrogens with one attached hydrogen (secondary N) is 1. The van der Waals surface area contributed by atoms with Crippen molar-refractivity contribution >= 4 is 37.6 Å². The molecule has 0 radical (unpaired) electrons. The number of benzene rings is 1. The van der Waals surface area contributed by atoms with Crippen LogP contribution in [0.25, 0.3) is 0 Å². The Morgan fingerprint density at radius 3 is 2.44 bits per heavy atom. The molecule has 6 heteroatoms. The summed E-state index contributed by atoms with van der Waals surface area (Å²) in [6.45, 7) is 6.58. The molecule has 0 spiro atoms. The molecule has 0 aliphatic carbocycles. The molecule has 0 saturated heterocycles. The Labute approximate surface area is 122 Å². The predicted molar refractivity (Wildman–Crippen MR) is 78.3 cm³/mol. The Morgan fingerprint density at radius 1 is 1.33 bits per heavy atom. The Balaban J connectivity index is 2.83. The van der Waals surface area contributed by atoms with E-state index in [1.54, 1.807) is 6.07 Å². The van der Waals surface area contributed by atoms with Gasteiger partial charge in [-0.25, -0.2) is 13.1 Å². The highest BCUT2D eigenvalue weighted by Crippen LogP contribution is 2.25. The van der Waals surface area contributed by atoms with Crippen LogP contribution in [0.3, 0.4) is 0 Å². The van der Waals surface area contributed by atoms with Crippen molar-refractivity contribution in [1.29, 1.82) is 0 Å². The maximum atomic E-state index is 12.0. The van der Waals surface area contributed by atoms with Crippen LogP contribution in [-0.4, -0.2) is 15.0 Å². The van der Waals surface area contributed by atoms with E-state index in [0.717, 1.165) is 0 Å². The number of rotatable bonds is 5. The highest BCUT2D eigenvalue weighted by molar-refractivity contribution is 9.10. The molecule has 1 rings (SSSR count). The quantitative estimate of drug-likeness (QED) is 0.877. The van der Waals surface area contributed by atoms with E-state index in [4.69, 9.17) is 11.6 Å². The summed E-state index contributed by atoms with van der Waals surface area (Å²) in [7, 11) is -3.47. The van der Waals surface area contributed by atoms with Gasteiger partial charge in [-0.05, 0) is 46.0 Å². The second-order valence-corrected chi connectivity index (χ2v) is 7.68. The van der Waals surface area contributed by atoms with Gasteiger partial charge in [0.25, 0.3) is 0 Å². The predicted octanol–water partition coefficient (Wildman–Crippen LogP) is 3.67. The number of hydrogen-bond acceptors (Lipinski definition) is 2. The fraction of sp³-hybridized carbons (Fsp3) is 0.500. The van der Waals surface area contributed by atoms with Crippen molar-refractivity contribution in [2.45, 2.75) is 25.7 Å². The summed E-state index contributed by atoms with van der Waals surface area (Å²) in [5.41, 5.74) is 0. The third-order valence-electron chi connectivity index (χ3n) is 2.93. The minimum absolute atomic E-state index is 0.217. The van der Waals surface area contributed by atoms with Gasteiger partial charge in [-0.15, -0.1) is 0 Å². The first-order chi connectivity index (χ1) is 8.24. The van der Waals surface area contributed by atoms with E-state index in [0.29, 0.717) is 22.0 Å². The Bertz CT molecular complexity index is 517. The molecule has 18 heavy (non-hydrogen) atoms. The number of halogens is 2. The molecule has 0 aliphatic rings. The molecule has 0 aliphatic heterocycles. The van der Waals surface area contributed by atoms with Gasteiger partial charge >= 0.3 is 0 Å². The zero-order chi connectivity index (χ0) is 13.9. The van der Waals surface area contributed by atoms with Crippen LogP contribution in [0.5, 0.6) is 0 Å². The molecule has 1 unspecified atom stereocenters. The highest BCUT2D eigenvalue weighted by Gasteiger charge is 2.17. The second-order valence-electron chi connectivity index (χ2n) is 4.65. The van der Waals surface area contributed by atoms with Gasteiger partial charge in [0.05, 0.1) is 9.92 Å². The van der Waals surface area contributed by atoms with Crippen LogP contribution in [0.15, 0.2) is 27.6 Å². The molecule has 0 aromatic heterocycles. The molecule has 0 bridgehead atoms. The number of hydrogen-bond donors (Lipinski definition) is 1. The van der Waals surface area contributed by atoms with Gasteiger partial charge in [0.15, 0.2) is 0 Å². The van der Waals surface area contributed by atoms with Crippen molar-refractivity contribution in [2.24, 2.45) is 11.8 Å². The fourth-order valence-corrected chi connectivity index (χ4v) is 3.02. The van der Waals surface area contributed by atoms with Gasteiger partial charge in [-0.2, -0.15) is 0 Å². The lowest BCUT2D eigenvalue weighted by Crippen LogP contribution is -2.30. The minimum atomic E-state index is -3.47. The van der Waals surface area contributed by atoms with Crippen molar-refractivity contribution in [3.63, 3.8) is 0 Å². The maximum absolute atomic E-state index is 12.0. The lowest BCUT2D eigenvalue weighted by Gasteiger charge is -2.16. The van der Waals surface area contributed by atoms with Crippen LogP contribution in [0.1, 0.15) is 20.8 Å². The molecule has 0 heterocycles. The average molecular weight is 355 g/mol. The summed E-state index contributed by atoms with van der Waals surface area (Å²) in [6.07, 6.45) is 0. The van der Waals surface area contributed by atoms with Crippen LogP contribution in [-0.2, 0) is 10.0 Å². The van der Waals surface area contributed by atoms with Crippen molar-refractivity contribution in [3.8, 4) is 0 Å². The monoisotopic (exact) mass is 353 g/mol. The van der Waals surface area contributed by atoms with E-state index >= 15 is 0 Å². The zero-order valence-corrected chi connectivity index (χ0v) is 13.7. The Kier molecular flexibility index (Phi) is 5.65. The third-order valence-corrected chi connectivity index (χ3v) is 5.57. The molecule has 1 aromatic rings. The van der Waals surface area contributed by atoms with E-state index < -0.39 is 10.0 Å². The van der Waals surface area contributed by atoms with Crippen molar-refractivity contribution in [3.05, 3.63) is 27.7 Å². The van der Waals surface area contributed by atoms with E-state index in [-0.39, 0.29) is 10.8 Å². The molecular weight excluding hydrogens is 338 g/mol. The Morgan fingerprint density at radius 2 is 1.94 bits per heavy atom. The first kappa shape index (κ1) is 16.0. The molecule has 1 atom stereocenters. The van der Waals surface area contributed by atoms with Crippen LogP contribution < -0.4 is 4.72 Å². The van der Waals surface area contributed by atoms with Crippen LogP contribution in [0.2, 0.25) is 5.02 Å². The molecule has 102 valence electrons. The molecule has 1 aromatic carbocycles. The molecular formula is C12H17BrClNO2S. The summed E-state index contributed by atoms with van der Waals surface area (Å²) in [4.78, 5) is 0.217. The SMILES string of the molecule is CC(C)C(C)CNS(=O)(=O)c1ccc(Cl)c(Br)c1. The van der Waals surface area contributed by atoms with E-state index in [1.807, 2.05) is 6.92 Å². The largest absolute Gasteiger partial charge is 0.240 e. The van der Waals surface area contributed by atoms with Crippen molar-refractivity contribution in [1.82, 2.24) is 4.72 Å². The van der Waals surface area contributed by atoms with Gasteiger partial charge in [0.1, 0.15) is 0 Å². The van der Waals surface area contributed by atoms with Crippen LogP contribution in [0.4, 0.5) is 0 Å². The fourth-order valence-electron chi connectivity index (χ4n) is 1.20. The van der Waals surface area contributed by atoms with Crippen molar-refractivity contribution in [2.75, 3.05) is 6.54 Å². The molecule has 1 N–H and O–H groups in total.